The molecule has 0 atom stereocenters. The van der Waals surface area contributed by atoms with Gasteiger partial charge in [0.2, 0.25) is 0 Å². The van der Waals surface area contributed by atoms with E-state index in [0.717, 1.165) is 48.6 Å². The molecule has 3 aliphatic heterocycles. The van der Waals surface area contributed by atoms with Crippen molar-refractivity contribution >= 4 is 18.6 Å². The van der Waals surface area contributed by atoms with Crippen molar-refractivity contribution in [3.8, 4) is 0 Å². The first-order valence-electron chi connectivity index (χ1n) is 13.2. The van der Waals surface area contributed by atoms with Crippen LogP contribution in [0, 0.1) is 0 Å². The van der Waals surface area contributed by atoms with Gasteiger partial charge in [0.05, 0.1) is 55.3 Å². The topological polar surface area (TPSA) is 107 Å². The number of aliphatic imine (C=N–C) groups is 3. The monoisotopic (exact) mass is 528 g/mol. The second-order valence-electron chi connectivity index (χ2n) is 9.30. The molecule has 0 bridgehead atoms. The van der Waals surface area contributed by atoms with E-state index in [9.17, 15) is 15.6 Å². The van der Waals surface area contributed by atoms with Crippen LogP contribution >= 0.6 is 0 Å². The number of hydrogen-bond donors (Lipinski definition) is 3. The minimum absolute atomic E-state index is 0.238. The van der Waals surface area contributed by atoms with Gasteiger partial charge in [-0.2, -0.15) is 0 Å². The van der Waals surface area contributed by atoms with Crippen molar-refractivity contribution in [3.63, 3.8) is 0 Å². The second kappa shape index (κ2) is 13.1. The quantitative estimate of drug-likeness (QED) is 0.314. The molecule has 3 N–H and O–H groups in total. The normalized spacial score (nSPS) is 18.2. The lowest BCUT2D eigenvalue weighted by atomic mass is 9.83. The van der Waals surface area contributed by atoms with Gasteiger partial charge in [0.25, 0.3) is 0 Å². The van der Waals surface area contributed by atoms with Crippen LogP contribution in [0.1, 0.15) is 54.2 Å². The minimum Gasteiger partial charge on any atom is -0.289 e. The van der Waals surface area contributed by atoms with Gasteiger partial charge in [-0.3, -0.25) is 45.8 Å². The van der Waals surface area contributed by atoms with Crippen LogP contribution in [0.25, 0.3) is 0 Å². The number of benzene rings is 1. The van der Waals surface area contributed by atoms with Gasteiger partial charge in [0, 0.05) is 18.6 Å². The maximum atomic E-state index is 10.9. The van der Waals surface area contributed by atoms with E-state index in [1.807, 2.05) is 36.5 Å². The number of hydrogen-bond acceptors (Lipinski definition) is 9. The van der Waals surface area contributed by atoms with E-state index in [0.29, 0.717) is 36.4 Å². The van der Waals surface area contributed by atoms with Crippen LogP contribution in [0.2, 0.25) is 0 Å². The van der Waals surface area contributed by atoms with E-state index >= 15 is 0 Å². The summed E-state index contributed by atoms with van der Waals surface area (Å²) in [5.74, 6) is 0. The highest BCUT2D eigenvalue weighted by molar-refractivity contribution is 5.77. The lowest BCUT2D eigenvalue weighted by molar-refractivity contribution is -0.0533. The van der Waals surface area contributed by atoms with Crippen molar-refractivity contribution < 1.29 is 15.6 Å². The predicted octanol–water partition coefficient (Wildman–Crippen LogP) is 5.39. The minimum atomic E-state index is 0.238. The third-order valence-corrected chi connectivity index (χ3v) is 6.78. The molecule has 3 aliphatic rings. The Labute approximate surface area is 229 Å². The van der Waals surface area contributed by atoms with E-state index in [2.05, 4.69) is 35.7 Å². The smallest absolute Gasteiger partial charge is 0.0813 e. The molecule has 0 unspecified atom stereocenters. The summed E-state index contributed by atoms with van der Waals surface area (Å²) in [7, 11) is 0. The maximum Gasteiger partial charge on any atom is 0.0813 e. The summed E-state index contributed by atoms with van der Waals surface area (Å²) in [6.07, 6.45) is 22.9. The van der Waals surface area contributed by atoms with Crippen molar-refractivity contribution in [2.45, 2.75) is 59.7 Å². The van der Waals surface area contributed by atoms with Crippen LogP contribution in [0.5, 0.6) is 0 Å². The van der Waals surface area contributed by atoms with Gasteiger partial charge in [-0.05, 0) is 89.1 Å². The van der Waals surface area contributed by atoms with E-state index in [1.54, 1.807) is 37.2 Å². The molecule has 0 saturated heterocycles. The number of nitrogens with zero attached hydrogens (tertiary/aromatic N) is 6. The predicted molar refractivity (Wildman–Crippen MR) is 154 cm³/mol. The molecule has 204 valence electrons. The Morgan fingerprint density at radius 1 is 0.513 bits per heavy atom. The van der Waals surface area contributed by atoms with Crippen molar-refractivity contribution in [3.05, 3.63) is 106 Å². The first-order chi connectivity index (χ1) is 18.9. The van der Waals surface area contributed by atoms with Gasteiger partial charge in [-0.25, -0.2) is 0 Å². The Morgan fingerprint density at radius 2 is 0.795 bits per heavy atom. The van der Waals surface area contributed by atoms with Gasteiger partial charge in [-0.15, -0.1) is 0 Å². The SMILES string of the molecule is CCc1c(CN(O)/C=C2/C=CC=N2)c(CC)c(CN(O)/C=C2/C=CC=N2)c(CC)c1CN(O)/C=C1/C=CC=N1. The summed E-state index contributed by atoms with van der Waals surface area (Å²) in [4.78, 5) is 12.7. The zero-order valence-corrected chi connectivity index (χ0v) is 22.7. The molecule has 9 nitrogen and oxygen atoms in total. The molecular formula is C30H36N6O3. The van der Waals surface area contributed by atoms with E-state index in [4.69, 9.17) is 0 Å². The van der Waals surface area contributed by atoms with Crippen LogP contribution in [-0.2, 0) is 38.9 Å². The summed E-state index contributed by atoms with van der Waals surface area (Å²) < 4.78 is 0. The largest absolute Gasteiger partial charge is 0.289 e. The van der Waals surface area contributed by atoms with E-state index in [1.165, 1.54) is 0 Å². The fraction of sp³-hybridized carbons (Fsp3) is 0.300. The summed E-state index contributed by atoms with van der Waals surface area (Å²) in [5.41, 5.74) is 8.15. The lowest BCUT2D eigenvalue weighted by Gasteiger charge is -2.29. The molecule has 3 heterocycles. The van der Waals surface area contributed by atoms with Gasteiger partial charge >= 0.3 is 0 Å². The highest BCUT2D eigenvalue weighted by Crippen LogP contribution is 2.33. The van der Waals surface area contributed by atoms with Crippen LogP contribution < -0.4 is 0 Å². The van der Waals surface area contributed by atoms with Crippen LogP contribution in [0.3, 0.4) is 0 Å². The van der Waals surface area contributed by atoms with Gasteiger partial charge in [0.15, 0.2) is 0 Å². The van der Waals surface area contributed by atoms with Crippen molar-refractivity contribution in [1.29, 1.82) is 0 Å². The van der Waals surface area contributed by atoms with Crippen molar-refractivity contribution in [2.75, 3.05) is 0 Å². The molecule has 0 aliphatic carbocycles. The summed E-state index contributed by atoms with van der Waals surface area (Å²) >= 11 is 0. The second-order valence-corrected chi connectivity index (χ2v) is 9.30. The average molecular weight is 529 g/mol. The summed E-state index contributed by atoms with van der Waals surface area (Å²) in [5, 5.41) is 36.2. The molecule has 0 saturated carbocycles. The Balaban J connectivity index is 1.81. The lowest BCUT2D eigenvalue weighted by Crippen LogP contribution is -2.24. The van der Waals surface area contributed by atoms with E-state index < -0.39 is 0 Å². The van der Waals surface area contributed by atoms with Gasteiger partial charge < -0.3 is 0 Å². The van der Waals surface area contributed by atoms with Crippen LogP contribution in [0.15, 0.2) is 87.1 Å². The molecule has 0 fully saturated rings. The van der Waals surface area contributed by atoms with Crippen molar-refractivity contribution in [2.24, 2.45) is 15.0 Å². The van der Waals surface area contributed by atoms with Crippen molar-refractivity contribution in [1.82, 2.24) is 15.2 Å². The van der Waals surface area contributed by atoms with Gasteiger partial charge in [0.1, 0.15) is 0 Å². The molecule has 0 spiro atoms. The van der Waals surface area contributed by atoms with Gasteiger partial charge in [-0.1, -0.05) is 20.8 Å². The molecule has 0 radical (unpaired) electrons. The van der Waals surface area contributed by atoms with Crippen LogP contribution in [-0.4, -0.2) is 49.5 Å². The zero-order valence-electron chi connectivity index (χ0n) is 22.7. The molecule has 4 rings (SSSR count). The molecule has 1 aromatic carbocycles. The number of allylic oxidation sites excluding steroid dienone is 6. The average Bonchev–Trinajstić information content (AvgIpc) is 3.69. The molecule has 39 heavy (non-hydrogen) atoms. The van der Waals surface area contributed by atoms with E-state index in [-0.39, 0.29) is 19.6 Å². The zero-order chi connectivity index (χ0) is 27.8. The molecule has 9 heteroatoms. The molecule has 0 aromatic heterocycles. The fourth-order valence-electron chi connectivity index (χ4n) is 5.20. The highest BCUT2D eigenvalue weighted by Gasteiger charge is 2.24. The fourth-order valence-corrected chi connectivity index (χ4v) is 5.20. The Kier molecular flexibility index (Phi) is 9.43. The third kappa shape index (κ3) is 6.88. The summed E-state index contributed by atoms with van der Waals surface area (Å²) in [6, 6.07) is 0. The highest BCUT2D eigenvalue weighted by atomic mass is 16.5. The molecule has 1 aromatic rings. The Bertz CT molecular complexity index is 1120. The standard InChI is InChI=1S/C30H36N6O3/c1-4-25-28(19-34(37)16-22-10-7-13-31-22)26(5-2)30(21-36(39)18-24-12-9-15-33-24)27(6-3)29(25)20-35(38)17-23-11-8-14-32-23/h7-18,37-39H,4-6,19-21H2,1-3H3/b22-16-,23-17-,24-18-. The first kappa shape index (κ1) is 28.0. The number of hydroxylamine groups is 6. The maximum absolute atomic E-state index is 10.9. The molecular weight excluding hydrogens is 492 g/mol. The molecule has 0 amide bonds. The number of rotatable bonds is 12. The Hall–Kier alpha value is -4.05. The first-order valence-corrected chi connectivity index (χ1v) is 13.2. The van der Waals surface area contributed by atoms with Crippen LogP contribution in [0.4, 0.5) is 0 Å². The Morgan fingerprint density at radius 3 is 1.00 bits per heavy atom. The third-order valence-electron chi connectivity index (χ3n) is 6.78. The summed E-state index contributed by atoms with van der Waals surface area (Å²) in [6.45, 7) is 6.97.